The second-order valence-corrected chi connectivity index (χ2v) is 2.91. The highest BCUT2D eigenvalue weighted by atomic mass is 35.5. The fraction of sp³-hybridized carbons (Fsp3) is 0.455. The summed E-state index contributed by atoms with van der Waals surface area (Å²) in [5.41, 5.74) is 1.28. The molecular formula is C11H17ClNO-. The van der Waals surface area contributed by atoms with Crippen molar-refractivity contribution in [3.05, 3.63) is 29.8 Å². The van der Waals surface area contributed by atoms with Crippen LogP contribution in [0.25, 0.3) is 0 Å². The molecular weight excluding hydrogens is 198 g/mol. The van der Waals surface area contributed by atoms with Crippen LogP contribution in [0.1, 0.15) is 12.5 Å². The van der Waals surface area contributed by atoms with E-state index in [0.717, 1.165) is 25.3 Å². The number of ether oxygens (including phenoxy) is 1. The van der Waals surface area contributed by atoms with Crippen LogP contribution < -0.4 is 22.5 Å². The van der Waals surface area contributed by atoms with Gasteiger partial charge in [-0.05, 0) is 25.1 Å². The molecule has 0 aliphatic rings. The molecule has 0 spiro atoms. The van der Waals surface area contributed by atoms with Crippen LogP contribution in [0.3, 0.4) is 0 Å². The number of likely N-dealkylation sites (N-methyl/N-ethyl adjacent to an activating group) is 1. The van der Waals surface area contributed by atoms with Gasteiger partial charge >= 0.3 is 0 Å². The third-order valence-corrected chi connectivity index (χ3v) is 1.96. The number of benzene rings is 1. The average Bonchev–Trinajstić information content (AvgIpc) is 2.19. The van der Waals surface area contributed by atoms with Crippen LogP contribution in [0.15, 0.2) is 24.3 Å². The summed E-state index contributed by atoms with van der Waals surface area (Å²) in [5.74, 6) is 1.01. The highest BCUT2D eigenvalue weighted by molar-refractivity contribution is 5.33. The fourth-order valence-electron chi connectivity index (χ4n) is 1.20. The quantitative estimate of drug-likeness (QED) is 0.626. The van der Waals surface area contributed by atoms with E-state index in [2.05, 4.69) is 18.3 Å². The maximum Gasteiger partial charge on any atom is 0.122 e. The molecule has 14 heavy (non-hydrogen) atoms. The number of aryl methyl sites for hydroxylation is 1. The van der Waals surface area contributed by atoms with Gasteiger partial charge in [-0.15, -0.1) is 0 Å². The third kappa shape index (κ3) is 3.99. The zero-order valence-electron chi connectivity index (χ0n) is 8.72. The molecule has 0 unspecified atom stereocenters. The van der Waals surface area contributed by atoms with Gasteiger partial charge in [0.25, 0.3) is 0 Å². The van der Waals surface area contributed by atoms with Crippen molar-refractivity contribution >= 4 is 0 Å². The van der Waals surface area contributed by atoms with E-state index < -0.39 is 0 Å². The molecule has 0 aliphatic carbocycles. The van der Waals surface area contributed by atoms with E-state index >= 15 is 0 Å². The van der Waals surface area contributed by atoms with Gasteiger partial charge in [0.15, 0.2) is 0 Å². The van der Waals surface area contributed by atoms with Crippen molar-refractivity contribution in [2.24, 2.45) is 0 Å². The Morgan fingerprint density at radius 3 is 2.64 bits per heavy atom. The molecule has 3 heteroatoms. The Morgan fingerprint density at radius 2 is 2.00 bits per heavy atom. The maximum atomic E-state index is 5.61. The Hall–Kier alpha value is -0.730. The standard InChI is InChI=1S/C11H17NO.ClH/c1-3-10-6-4-5-7-11(10)13-9-8-12-2;/h4-7,12H,3,8-9H2,1-2H3;1H/p-1. The fourth-order valence-corrected chi connectivity index (χ4v) is 1.20. The molecule has 0 saturated heterocycles. The topological polar surface area (TPSA) is 21.3 Å². The first-order valence-electron chi connectivity index (χ1n) is 4.73. The Labute approximate surface area is 92.1 Å². The molecule has 1 rings (SSSR count). The SMILES string of the molecule is CCc1ccccc1OCCNC.[Cl-]. The van der Waals surface area contributed by atoms with E-state index in [0.29, 0.717) is 0 Å². The maximum absolute atomic E-state index is 5.61. The minimum atomic E-state index is 0. The molecule has 0 atom stereocenters. The summed E-state index contributed by atoms with van der Waals surface area (Å²) in [6.07, 6.45) is 1.02. The normalized spacial score (nSPS) is 9.29. The molecule has 0 aromatic heterocycles. The first-order chi connectivity index (χ1) is 6.38. The van der Waals surface area contributed by atoms with Gasteiger partial charge in [-0.1, -0.05) is 25.1 Å². The lowest BCUT2D eigenvalue weighted by molar-refractivity contribution is -0.00000322. The Bertz CT molecular complexity index is 253. The highest BCUT2D eigenvalue weighted by Gasteiger charge is 1.98. The van der Waals surface area contributed by atoms with E-state index in [-0.39, 0.29) is 12.4 Å². The van der Waals surface area contributed by atoms with Crippen LogP contribution >= 0.6 is 0 Å². The van der Waals surface area contributed by atoms with E-state index in [1.165, 1.54) is 5.56 Å². The largest absolute Gasteiger partial charge is 1.00 e. The van der Waals surface area contributed by atoms with Gasteiger partial charge in [0.2, 0.25) is 0 Å². The van der Waals surface area contributed by atoms with Gasteiger partial charge < -0.3 is 22.5 Å². The summed E-state index contributed by atoms with van der Waals surface area (Å²) < 4.78 is 5.61. The molecule has 0 aliphatic heterocycles. The lowest BCUT2D eigenvalue weighted by atomic mass is 10.1. The van der Waals surface area contributed by atoms with Crippen molar-refractivity contribution in [1.29, 1.82) is 0 Å². The van der Waals surface area contributed by atoms with Gasteiger partial charge in [-0.25, -0.2) is 0 Å². The summed E-state index contributed by atoms with van der Waals surface area (Å²) in [6.45, 7) is 3.76. The smallest absolute Gasteiger partial charge is 0.122 e. The summed E-state index contributed by atoms with van der Waals surface area (Å²) >= 11 is 0. The van der Waals surface area contributed by atoms with Crippen molar-refractivity contribution in [2.45, 2.75) is 13.3 Å². The van der Waals surface area contributed by atoms with Gasteiger partial charge in [-0.2, -0.15) is 0 Å². The molecule has 2 nitrogen and oxygen atoms in total. The lowest BCUT2D eigenvalue weighted by Gasteiger charge is -2.09. The number of halogens is 1. The second-order valence-electron chi connectivity index (χ2n) is 2.91. The zero-order chi connectivity index (χ0) is 9.52. The van der Waals surface area contributed by atoms with Crippen LogP contribution in [0, 0.1) is 0 Å². The minimum absolute atomic E-state index is 0. The van der Waals surface area contributed by atoms with Crippen molar-refractivity contribution in [3.63, 3.8) is 0 Å². The Kier molecular flexibility index (Phi) is 7.25. The van der Waals surface area contributed by atoms with E-state index in [4.69, 9.17) is 4.74 Å². The van der Waals surface area contributed by atoms with Crippen LogP contribution in [-0.4, -0.2) is 20.2 Å². The molecule has 1 N–H and O–H groups in total. The van der Waals surface area contributed by atoms with Crippen molar-refractivity contribution in [1.82, 2.24) is 5.32 Å². The minimum Gasteiger partial charge on any atom is -1.00 e. The predicted octanol–water partition coefficient (Wildman–Crippen LogP) is -1.15. The lowest BCUT2D eigenvalue weighted by Crippen LogP contribution is -3.00. The third-order valence-electron chi connectivity index (χ3n) is 1.96. The molecule has 1 aromatic carbocycles. The van der Waals surface area contributed by atoms with E-state index in [1.807, 2.05) is 25.2 Å². The van der Waals surface area contributed by atoms with Crippen LogP contribution in [0.4, 0.5) is 0 Å². The number of rotatable bonds is 5. The molecule has 0 amide bonds. The molecule has 0 radical (unpaired) electrons. The molecule has 80 valence electrons. The molecule has 0 heterocycles. The van der Waals surface area contributed by atoms with Crippen molar-refractivity contribution in [3.8, 4) is 5.75 Å². The second kappa shape index (κ2) is 7.65. The summed E-state index contributed by atoms with van der Waals surface area (Å²) in [7, 11) is 1.93. The number of para-hydroxylation sites is 1. The number of hydrogen-bond acceptors (Lipinski definition) is 2. The first-order valence-corrected chi connectivity index (χ1v) is 4.73. The molecule has 0 bridgehead atoms. The summed E-state index contributed by atoms with van der Waals surface area (Å²) in [4.78, 5) is 0. The Balaban J connectivity index is 0.00000169. The number of hydrogen-bond donors (Lipinski definition) is 1. The average molecular weight is 215 g/mol. The van der Waals surface area contributed by atoms with Crippen LogP contribution in [-0.2, 0) is 6.42 Å². The number of nitrogens with one attached hydrogen (secondary N) is 1. The summed E-state index contributed by atoms with van der Waals surface area (Å²) in [6, 6.07) is 8.18. The predicted molar refractivity (Wildman–Crippen MR) is 55.2 cm³/mol. The van der Waals surface area contributed by atoms with Crippen LogP contribution in [0.5, 0.6) is 5.75 Å². The zero-order valence-corrected chi connectivity index (χ0v) is 9.47. The van der Waals surface area contributed by atoms with Gasteiger partial charge in [0, 0.05) is 6.54 Å². The van der Waals surface area contributed by atoms with E-state index in [9.17, 15) is 0 Å². The Morgan fingerprint density at radius 1 is 1.29 bits per heavy atom. The molecule has 0 fully saturated rings. The van der Waals surface area contributed by atoms with Crippen molar-refractivity contribution < 1.29 is 17.1 Å². The van der Waals surface area contributed by atoms with Crippen LogP contribution in [0.2, 0.25) is 0 Å². The first kappa shape index (κ1) is 13.3. The highest BCUT2D eigenvalue weighted by Crippen LogP contribution is 2.17. The molecule has 1 aromatic rings. The van der Waals surface area contributed by atoms with E-state index in [1.54, 1.807) is 0 Å². The van der Waals surface area contributed by atoms with Gasteiger partial charge in [-0.3, -0.25) is 0 Å². The summed E-state index contributed by atoms with van der Waals surface area (Å²) in [5, 5.41) is 3.05. The van der Waals surface area contributed by atoms with Crippen molar-refractivity contribution in [2.75, 3.05) is 20.2 Å². The molecule has 0 saturated carbocycles. The monoisotopic (exact) mass is 214 g/mol. The van der Waals surface area contributed by atoms with Gasteiger partial charge in [0.1, 0.15) is 12.4 Å². The van der Waals surface area contributed by atoms with Gasteiger partial charge in [0.05, 0.1) is 0 Å².